The first kappa shape index (κ1) is 15.9. The number of hydrogen-bond acceptors (Lipinski definition) is 3. The molecule has 21 heavy (non-hydrogen) atoms. The van der Waals surface area contributed by atoms with E-state index in [1.807, 2.05) is 0 Å². The maximum Gasteiger partial charge on any atom is 0.414 e. The van der Waals surface area contributed by atoms with Crippen molar-refractivity contribution in [1.82, 2.24) is 0 Å². The zero-order valence-corrected chi connectivity index (χ0v) is 12.1. The predicted molar refractivity (Wildman–Crippen MR) is 71.2 cm³/mol. The Morgan fingerprint density at radius 3 is 2.62 bits per heavy atom. The minimum absolute atomic E-state index is 0.0553. The van der Waals surface area contributed by atoms with Gasteiger partial charge in [-0.05, 0) is 31.5 Å². The van der Waals surface area contributed by atoms with Gasteiger partial charge in [0.2, 0.25) is 0 Å². The summed E-state index contributed by atoms with van der Waals surface area (Å²) in [6, 6.07) is 2.03. The van der Waals surface area contributed by atoms with Crippen LogP contribution in [0.4, 0.5) is 28.0 Å². The molecule has 8 heteroatoms. The minimum Gasteiger partial charge on any atom is -0.447 e. The lowest BCUT2D eigenvalue weighted by atomic mass is 10.2. The SMILES string of the molecule is Cc1cc(F)c(N2C(=O)OCC2C)cc1SCC(F)(F)F. The number of carbonyl (C=O) groups is 1. The third kappa shape index (κ3) is 3.61. The summed E-state index contributed by atoms with van der Waals surface area (Å²) in [5.41, 5.74) is 0.339. The van der Waals surface area contributed by atoms with Crippen LogP contribution in [0.25, 0.3) is 0 Å². The van der Waals surface area contributed by atoms with Crippen molar-refractivity contribution in [1.29, 1.82) is 0 Å². The van der Waals surface area contributed by atoms with Crippen molar-refractivity contribution in [2.45, 2.75) is 31.0 Å². The van der Waals surface area contributed by atoms with Gasteiger partial charge in [-0.25, -0.2) is 9.18 Å². The van der Waals surface area contributed by atoms with Gasteiger partial charge < -0.3 is 4.74 Å². The van der Waals surface area contributed by atoms with Gasteiger partial charge in [-0.1, -0.05) is 0 Å². The molecule has 1 aromatic rings. The van der Waals surface area contributed by atoms with E-state index >= 15 is 0 Å². The third-order valence-electron chi connectivity index (χ3n) is 2.98. The highest BCUT2D eigenvalue weighted by Gasteiger charge is 2.33. The quantitative estimate of drug-likeness (QED) is 0.619. The summed E-state index contributed by atoms with van der Waals surface area (Å²) in [7, 11) is 0. The zero-order chi connectivity index (χ0) is 15.8. The molecule has 0 bridgehead atoms. The van der Waals surface area contributed by atoms with E-state index in [1.54, 1.807) is 6.92 Å². The maximum absolute atomic E-state index is 14.0. The molecule has 0 N–H and O–H groups in total. The van der Waals surface area contributed by atoms with Crippen LogP contribution in [0.5, 0.6) is 0 Å². The van der Waals surface area contributed by atoms with Gasteiger partial charge in [0, 0.05) is 4.90 Å². The number of amides is 1. The summed E-state index contributed by atoms with van der Waals surface area (Å²) in [5, 5.41) is 0. The number of thioether (sulfide) groups is 1. The molecule has 3 nitrogen and oxygen atoms in total. The monoisotopic (exact) mass is 323 g/mol. The van der Waals surface area contributed by atoms with Crippen LogP contribution in [-0.4, -0.2) is 30.7 Å². The van der Waals surface area contributed by atoms with Gasteiger partial charge in [0.15, 0.2) is 0 Å². The van der Waals surface area contributed by atoms with E-state index in [0.717, 1.165) is 11.0 Å². The zero-order valence-electron chi connectivity index (χ0n) is 11.3. The molecule has 1 amide bonds. The molecular weight excluding hydrogens is 310 g/mol. The van der Waals surface area contributed by atoms with Crippen LogP contribution >= 0.6 is 11.8 Å². The van der Waals surface area contributed by atoms with Crippen LogP contribution in [0.1, 0.15) is 12.5 Å². The largest absolute Gasteiger partial charge is 0.447 e. The number of anilines is 1. The summed E-state index contributed by atoms with van der Waals surface area (Å²) < 4.78 is 55.7. The number of rotatable bonds is 3. The molecule has 1 unspecified atom stereocenters. The summed E-state index contributed by atoms with van der Waals surface area (Å²) in [4.78, 5) is 13.0. The van der Waals surface area contributed by atoms with E-state index in [-0.39, 0.29) is 23.2 Å². The summed E-state index contributed by atoms with van der Waals surface area (Å²) in [6.07, 6.45) is -5.01. The minimum atomic E-state index is -4.31. The second kappa shape index (κ2) is 5.75. The average molecular weight is 323 g/mol. The van der Waals surface area contributed by atoms with Crippen LogP contribution < -0.4 is 4.90 Å². The van der Waals surface area contributed by atoms with Crippen molar-refractivity contribution in [3.8, 4) is 0 Å². The molecule has 2 rings (SSSR count). The fourth-order valence-electron chi connectivity index (χ4n) is 1.99. The van der Waals surface area contributed by atoms with E-state index in [9.17, 15) is 22.4 Å². The molecule has 0 aliphatic carbocycles. The van der Waals surface area contributed by atoms with Crippen LogP contribution in [0.15, 0.2) is 17.0 Å². The number of benzene rings is 1. The second-order valence-corrected chi connectivity index (χ2v) is 5.79. The van der Waals surface area contributed by atoms with Gasteiger partial charge in [0.1, 0.15) is 12.4 Å². The lowest BCUT2D eigenvalue weighted by molar-refractivity contribution is -0.105. The summed E-state index contributed by atoms with van der Waals surface area (Å²) in [6.45, 7) is 3.32. The average Bonchev–Trinajstić information content (AvgIpc) is 2.68. The number of hydrogen-bond donors (Lipinski definition) is 0. The molecule has 0 radical (unpaired) electrons. The molecule has 0 spiro atoms. The van der Waals surface area contributed by atoms with Gasteiger partial charge in [0.25, 0.3) is 0 Å². The first-order chi connectivity index (χ1) is 9.69. The number of halogens is 4. The van der Waals surface area contributed by atoms with Crippen LogP contribution in [0.2, 0.25) is 0 Å². The number of cyclic esters (lactones) is 1. The van der Waals surface area contributed by atoms with Crippen molar-refractivity contribution in [2.24, 2.45) is 0 Å². The Hall–Kier alpha value is -1.44. The first-order valence-corrected chi connectivity index (χ1v) is 7.13. The Kier molecular flexibility index (Phi) is 4.36. The molecule has 1 fully saturated rings. The number of nitrogens with zero attached hydrogens (tertiary/aromatic N) is 1. The van der Waals surface area contributed by atoms with Crippen molar-refractivity contribution in [3.05, 3.63) is 23.5 Å². The van der Waals surface area contributed by atoms with Gasteiger partial charge in [-0.15, -0.1) is 11.8 Å². The van der Waals surface area contributed by atoms with E-state index < -0.39 is 23.8 Å². The van der Waals surface area contributed by atoms with Crippen molar-refractivity contribution in [2.75, 3.05) is 17.3 Å². The Bertz CT molecular complexity index is 562. The van der Waals surface area contributed by atoms with E-state index in [0.29, 0.717) is 17.3 Å². The summed E-state index contributed by atoms with van der Waals surface area (Å²) >= 11 is 0.568. The topological polar surface area (TPSA) is 29.5 Å². The Balaban J connectivity index is 2.32. The van der Waals surface area contributed by atoms with Gasteiger partial charge in [-0.3, -0.25) is 4.90 Å². The molecule has 1 aliphatic rings. The Labute approximate surface area is 123 Å². The number of alkyl halides is 3. The highest BCUT2D eigenvalue weighted by Crippen LogP contribution is 2.35. The smallest absolute Gasteiger partial charge is 0.414 e. The molecule has 0 saturated carbocycles. The number of carbonyl (C=O) groups excluding carboxylic acids is 1. The number of aryl methyl sites for hydroxylation is 1. The van der Waals surface area contributed by atoms with E-state index in [4.69, 9.17) is 4.74 Å². The predicted octanol–water partition coefficient (Wildman–Crippen LogP) is 4.13. The van der Waals surface area contributed by atoms with Crippen LogP contribution in [-0.2, 0) is 4.74 Å². The first-order valence-electron chi connectivity index (χ1n) is 6.14. The molecule has 1 atom stereocenters. The van der Waals surface area contributed by atoms with Crippen LogP contribution in [0.3, 0.4) is 0 Å². The van der Waals surface area contributed by atoms with Crippen LogP contribution in [0, 0.1) is 12.7 Å². The fourth-order valence-corrected chi connectivity index (χ4v) is 2.79. The molecule has 1 aliphatic heterocycles. The maximum atomic E-state index is 14.0. The van der Waals surface area contributed by atoms with E-state index in [1.165, 1.54) is 13.0 Å². The third-order valence-corrected chi connectivity index (χ3v) is 4.20. The van der Waals surface area contributed by atoms with Gasteiger partial charge in [0.05, 0.1) is 17.5 Å². The molecule has 1 saturated heterocycles. The van der Waals surface area contributed by atoms with Crippen molar-refractivity contribution in [3.63, 3.8) is 0 Å². The Morgan fingerprint density at radius 1 is 1.43 bits per heavy atom. The normalized spacial score (nSPS) is 19.0. The highest BCUT2D eigenvalue weighted by atomic mass is 32.2. The fraction of sp³-hybridized carbons (Fsp3) is 0.462. The molecule has 116 valence electrons. The van der Waals surface area contributed by atoms with E-state index in [2.05, 4.69) is 0 Å². The second-order valence-electron chi connectivity index (χ2n) is 4.77. The number of ether oxygens (including phenoxy) is 1. The molecule has 1 heterocycles. The standard InChI is InChI=1S/C13H13F4NO2S/c1-7-3-9(14)10(18-8(2)5-20-12(18)19)4-11(7)21-6-13(15,16)17/h3-4,8H,5-6H2,1-2H3. The summed E-state index contributed by atoms with van der Waals surface area (Å²) in [5.74, 6) is -1.73. The molecule has 0 aromatic heterocycles. The van der Waals surface area contributed by atoms with Gasteiger partial charge in [-0.2, -0.15) is 13.2 Å². The van der Waals surface area contributed by atoms with Gasteiger partial charge >= 0.3 is 12.3 Å². The van der Waals surface area contributed by atoms with Crippen molar-refractivity contribution < 1.29 is 27.1 Å². The highest BCUT2D eigenvalue weighted by molar-refractivity contribution is 7.99. The lowest BCUT2D eigenvalue weighted by Gasteiger charge is -2.20. The lowest BCUT2D eigenvalue weighted by Crippen LogP contribution is -2.31. The molecular formula is C13H13F4NO2S. The molecule has 1 aromatic carbocycles. The Morgan fingerprint density at radius 2 is 2.10 bits per heavy atom. The van der Waals surface area contributed by atoms with Crippen molar-refractivity contribution >= 4 is 23.5 Å².